The Labute approximate surface area is 225 Å². The quantitative estimate of drug-likeness (QED) is 0.286. The average Bonchev–Trinajstić information content (AvgIpc) is 3.49. The van der Waals surface area contributed by atoms with E-state index in [1.54, 1.807) is 13.0 Å². The number of methoxy groups -OCH3 is 1. The van der Waals surface area contributed by atoms with Crippen LogP contribution in [0.25, 0.3) is 11.1 Å². The van der Waals surface area contributed by atoms with Gasteiger partial charge in [0.1, 0.15) is 16.6 Å². The molecule has 1 atom stereocenters. The van der Waals surface area contributed by atoms with Crippen LogP contribution in [0.3, 0.4) is 0 Å². The van der Waals surface area contributed by atoms with Crippen molar-refractivity contribution in [2.24, 2.45) is 4.99 Å². The largest absolute Gasteiger partial charge is 0.490 e. The number of guanidine groups is 1. The zero-order valence-corrected chi connectivity index (χ0v) is 22.0. The van der Waals surface area contributed by atoms with Gasteiger partial charge in [-0.25, -0.2) is 4.99 Å². The third-order valence-corrected chi connectivity index (χ3v) is 6.91. The number of nitrogens with zero attached hydrogens (tertiary/aromatic N) is 4. The maximum absolute atomic E-state index is 13.5. The van der Waals surface area contributed by atoms with E-state index in [1.165, 1.54) is 18.4 Å². The number of nitrogens with one attached hydrogen (secondary N) is 3. The fourth-order valence-electron chi connectivity index (χ4n) is 3.72. The second-order valence-electron chi connectivity index (χ2n) is 7.89. The minimum Gasteiger partial charge on any atom is -0.490 e. The van der Waals surface area contributed by atoms with E-state index in [0.29, 0.717) is 60.5 Å². The highest BCUT2D eigenvalue weighted by molar-refractivity contribution is 7.80. The molecule has 0 bridgehead atoms. The van der Waals surface area contributed by atoms with Gasteiger partial charge in [0.15, 0.2) is 10.6 Å². The van der Waals surface area contributed by atoms with E-state index in [0.717, 1.165) is 0 Å². The Kier molecular flexibility index (Phi) is 7.12. The summed E-state index contributed by atoms with van der Waals surface area (Å²) in [5.74, 6) is -0.0339. The molecule has 0 saturated heterocycles. The number of aromatic nitrogens is 3. The second-order valence-corrected chi connectivity index (χ2v) is 9.81. The Hall–Kier alpha value is -3.87. The lowest BCUT2D eigenvalue weighted by Gasteiger charge is -2.26. The smallest absolute Gasteiger partial charge is 0.302 e. The van der Waals surface area contributed by atoms with Gasteiger partial charge in [0.2, 0.25) is 11.1 Å². The van der Waals surface area contributed by atoms with E-state index in [-0.39, 0.29) is 6.01 Å². The molecule has 1 aliphatic rings. The molecule has 0 saturated carbocycles. The summed E-state index contributed by atoms with van der Waals surface area (Å²) < 4.78 is 10.8. The number of rotatable bonds is 6. The van der Waals surface area contributed by atoms with Crippen molar-refractivity contribution in [3.63, 3.8) is 0 Å². The molecule has 1 unspecified atom stereocenters. The first-order valence-electron chi connectivity index (χ1n) is 11.0. The number of ether oxygens (including phenoxy) is 1. The molecule has 188 valence electrons. The lowest BCUT2D eigenvalue weighted by Crippen LogP contribution is -2.37. The normalized spacial score (nSPS) is 15.2. The molecule has 0 fully saturated rings. The van der Waals surface area contributed by atoms with Crippen LogP contribution in [-0.2, 0) is 16.0 Å². The molecule has 37 heavy (non-hydrogen) atoms. The number of aliphatic imine (C=N–C) groups is 1. The lowest BCUT2D eigenvalue weighted by molar-refractivity contribution is -0.113. The van der Waals surface area contributed by atoms with Gasteiger partial charge >= 0.3 is 6.01 Å². The summed E-state index contributed by atoms with van der Waals surface area (Å²) in [7, 11) is 1.50. The van der Waals surface area contributed by atoms with E-state index in [1.807, 2.05) is 42.5 Å². The Balaban J connectivity index is 1.43. The number of thiocarbonyl (C=S) groups is 1. The van der Waals surface area contributed by atoms with Crippen molar-refractivity contribution in [1.29, 1.82) is 0 Å². The van der Waals surface area contributed by atoms with E-state index in [2.05, 4.69) is 31.1 Å². The second kappa shape index (κ2) is 10.6. The number of hydrogen-bond donors (Lipinski definition) is 3. The van der Waals surface area contributed by atoms with Crippen molar-refractivity contribution < 1.29 is 13.9 Å². The standard InChI is InChI=1S/C24H20ClN7O3S2/c1-12-19(21(33)29-24-32-31-17(37-24)11-18(36)34-2)20(13-7-3-4-8-14(13)25)28-22(26-12)30-23-27-15-9-5-6-10-16(15)35-23/h3-10,20H,11H2,1-2H3,(H,29,32,33)(H2,26,27,28,30). The number of amides is 1. The summed E-state index contributed by atoms with van der Waals surface area (Å²) in [5, 5.41) is 18.9. The van der Waals surface area contributed by atoms with Crippen molar-refractivity contribution in [3.8, 4) is 0 Å². The molecule has 0 radical (unpaired) electrons. The van der Waals surface area contributed by atoms with Crippen molar-refractivity contribution in [3.05, 3.63) is 75.4 Å². The molecule has 5 rings (SSSR count). The SMILES string of the molecule is COC(=S)Cc1nnc(NC(=O)C2=C(C)NC(Nc3nc4ccccc4o3)=NC2c2ccccc2Cl)s1. The number of hydrogen-bond acceptors (Lipinski definition) is 11. The van der Waals surface area contributed by atoms with Crippen LogP contribution in [0.5, 0.6) is 0 Å². The number of halogens is 1. The number of carbonyl (C=O) groups is 1. The van der Waals surface area contributed by atoms with Crippen LogP contribution < -0.4 is 16.0 Å². The van der Waals surface area contributed by atoms with Crippen LogP contribution in [0, 0.1) is 0 Å². The number of para-hydroxylation sites is 2. The van der Waals surface area contributed by atoms with Crippen molar-refractivity contribution in [2.75, 3.05) is 17.7 Å². The number of benzene rings is 2. The highest BCUT2D eigenvalue weighted by Crippen LogP contribution is 2.35. The van der Waals surface area contributed by atoms with Crippen LogP contribution >= 0.6 is 35.2 Å². The molecule has 0 aliphatic carbocycles. The van der Waals surface area contributed by atoms with Crippen molar-refractivity contribution in [1.82, 2.24) is 20.5 Å². The van der Waals surface area contributed by atoms with Crippen LogP contribution in [-0.4, -0.2) is 39.2 Å². The molecule has 1 amide bonds. The summed E-state index contributed by atoms with van der Waals surface area (Å²) in [4.78, 5) is 22.6. The van der Waals surface area contributed by atoms with Gasteiger partial charge in [0, 0.05) is 16.3 Å². The highest BCUT2D eigenvalue weighted by atomic mass is 35.5. The van der Waals surface area contributed by atoms with E-state index in [4.69, 9.17) is 38.0 Å². The number of allylic oxidation sites excluding steroid dienone is 1. The Morgan fingerprint density at radius 3 is 2.78 bits per heavy atom. The minimum atomic E-state index is -0.713. The number of oxazole rings is 1. The highest BCUT2D eigenvalue weighted by Gasteiger charge is 2.31. The molecule has 13 heteroatoms. The zero-order chi connectivity index (χ0) is 25.9. The molecule has 4 aromatic rings. The number of carbonyl (C=O) groups excluding carboxylic acids is 1. The topological polar surface area (TPSA) is 127 Å². The third kappa shape index (κ3) is 5.45. The average molecular weight is 554 g/mol. The van der Waals surface area contributed by atoms with Gasteiger partial charge in [0.25, 0.3) is 5.91 Å². The summed E-state index contributed by atoms with van der Waals surface area (Å²) >= 11 is 12.8. The summed E-state index contributed by atoms with van der Waals surface area (Å²) in [5.41, 5.74) is 2.95. The monoisotopic (exact) mass is 553 g/mol. The third-order valence-electron chi connectivity index (χ3n) is 5.42. The molecule has 10 nitrogen and oxygen atoms in total. The van der Waals surface area contributed by atoms with Gasteiger partial charge in [-0.05, 0) is 37.3 Å². The van der Waals surface area contributed by atoms with Crippen LogP contribution in [0.2, 0.25) is 5.02 Å². The van der Waals surface area contributed by atoms with Gasteiger partial charge in [-0.15, -0.1) is 10.2 Å². The first-order chi connectivity index (χ1) is 17.9. The Bertz CT molecular complexity index is 1530. The number of anilines is 2. The van der Waals surface area contributed by atoms with Crippen LogP contribution in [0.4, 0.5) is 11.1 Å². The van der Waals surface area contributed by atoms with Gasteiger partial charge in [-0.1, -0.05) is 53.3 Å². The molecular weight excluding hydrogens is 534 g/mol. The molecule has 2 aromatic heterocycles. The Morgan fingerprint density at radius 2 is 2.00 bits per heavy atom. The zero-order valence-electron chi connectivity index (χ0n) is 19.6. The maximum atomic E-state index is 13.5. The number of fused-ring (bicyclic) bond motifs is 1. The van der Waals surface area contributed by atoms with Crippen molar-refractivity contribution >= 4 is 74.3 Å². The van der Waals surface area contributed by atoms with Gasteiger partial charge in [-0.2, -0.15) is 4.98 Å². The molecule has 3 heterocycles. The van der Waals surface area contributed by atoms with Crippen molar-refractivity contribution in [2.45, 2.75) is 19.4 Å². The first-order valence-corrected chi connectivity index (χ1v) is 12.6. The molecule has 1 aliphatic heterocycles. The van der Waals surface area contributed by atoms with Gasteiger partial charge < -0.3 is 14.5 Å². The maximum Gasteiger partial charge on any atom is 0.302 e. The summed E-state index contributed by atoms with van der Waals surface area (Å²) in [6.45, 7) is 1.78. The van der Waals surface area contributed by atoms with Gasteiger partial charge in [0.05, 0.1) is 19.1 Å². The minimum absolute atomic E-state index is 0.265. The first kappa shape index (κ1) is 24.8. The predicted octanol–water partition coefficient (Wildman–Crippen LogP) is 4.87. The van der Waals surface area contributed by atoms with Crippen LogP contribution in [0.1, 0.15) is 23.5 Å². The fourth-order valence-corrected chi connectivity index (χ4v) is 4.92. The summed E-state index contributed by atoms with van der Waals surface area (Å²) in [6.07, 6.45) is 0.333. The Morgan fingerprint density at radius 1 is 1.22 bits per heavy atom. The van der Waals surface area contributed by atoms with Crippen LogP contribution in [0.15, 0.2) is 69.2 Å². The molecule has 0 spiro atoms. The van der Waals surface area contributed by atoms with E-state index >= 15 is 0 Å². The van der Waals surface area contributed by atoms with E-state index < -0.39 is 11.9 Å². The predicted molar refractivity (Wildman–Crippen MR) is 147 cm³/mol. The molecule has 2 aromatic carbocycles. The van der Waals surface area contributed by atoms with Gasteiger partial charge in [-0.3, -0.25) is 15.4 Å². The van der Waals surface area contributed by atoms with E-state index in [9.17, 15) is 4.79 Å². The fraction of sp³-hybridized carbons (Fsp3) is 0.167. The molecular formula is C24H20ClN7O3S2. The lowest BCUT2D eigenvalue weighted by atomic mass is 9.95. The summed E-state index contributed by atoms with van der Waals surface area (Å²) in [6, 6.07) is 14.2. The molecule has 3 N–H and O–H groups in total.